The minimum Gasteiger partial charge on any atom is -0.326 e. The average molecular weight is 311 g/mol. The Labute approximate surface area is 122 Å². The first-order chi connectivity index (χ1) is 9.56. The lowest BCUT2D eigenvalue weighted by Crippen LogP contribution is -2.24. The molecular weight excluding hydrogens is 294 g/mol. The highest BCUT2D eigenvalue weighted by molar-refractivity contribution is 7.89. The van der Waals surface area contributed by atoms with E-state index in [9.17, 15) is 8.42 Å². The van der Waals surface area contributed by atoms with Crippen LogP contribution >= 0.6 is 11.3 Å². The number of aryl methyl sites for hydroxylation is 1. The summed E-state index contributed by atoms with van der Waals surface area (Å²) >= 11 is 1.42. The SMILES string of the molecule is CCc1ccc(CN)cc1S(=O)(=O)NCc1nccs1. The Hall–Kier alpha value is -1.28. The molecule has 20 heavy (non-hydrogen) atoms. The molecule has 0 unspecified atom stereocenters. The first kappa shape index (κ1) is 15.1. The van der Waals surface area contributed by atoms with E-state index in [-0.39, 0.29) is 6.54 Å². The van der Waals surface area contributed by atoms with Crippen molar-refractivity contribution in [3.05, 3.63) is 45.9 Å². The Bertz CT molecular complexity index is 667. The van der Waals surface area contributed by atoms with Crippen molar-refractivity contribution in [3.63, 3.8) is 0 Å². The molecule has 1 aromatic heterocycles. The first-order valence-electron chi connectivity index (χ1n) is 6.26. The molecule has 2 aromatic rings. The Kier molecular flexibility index (Phi) is 4.87. The summed E-state index contributed by atoms with van der Waals surface area (Å²) in [6.07, 6.45) is 2.30. The molecule has 0 amide bonds. The number of thiazole rings is 1. The van der Waals surface area contributed by atoms with Crippen molar-refractivity contribution in [1.29, 1.82) is 0 Å². The van der Waals surface area contributed by atoms with E-state index < -0.39 is 10.0 Å². The number of nitrogens with zero attached hydrogens (tertiary/aromatic N) is 1. The van der Waals surface area contributed by atoms with Crippen LogP contribution in [-0.4, -0.2) is 13.4 Å². The molecule has 0 saturated carbocycles. The molecule has 1 aromatic carbocycles. The van der Waals surface area contributed by atoms with Gasteiger partial charge in [0.1, 0.15) is 5.01 Å². The van der Waals surface area contributed by atoms with Gasteiger partial charge < -0.3 is 5.73 Å². The number of aromatic nitrogens is 1. The van der Waals surface area contributed by atoms with Gasteiger partial charge in [-0.1, -0.05) is 19.1 Å². The van der Waals surface area contributed by atoms with Gasteiger partial charge >= 0.3 is 0 Å². The normalized spacial score (nSPS) is 11.7. The van der Waals surface area contributed by atoms with Crippen LogP contribution in [0.15, 0.2) is 34.7 Å². The fraction of sp³-hybridized carbons (Fsp3) is 0.308. The van der Waals surface area contributed by atoms with E-state index in [1.165, 1.54) is 11.3 Å². The summed E-state index contributed by atoms with van der Waals surface area (Å²) in [5, 5.41) is 2.55. The third kappa shape index (κ3) is 3.43. The topological polar surface area (TPSA) is 85.1 Å². The third-order valence-corrected chi connectivity index (χ3v) is 5.20. The minimum absolute atomic E-state index is 0.204. The molecule has 0 aliphatic carbocycles. The molecule has 0 saturated heterocycles. The highest BCUT2D eigenvalue weighted by Crippen LogP contribution is 2.19. The van der Waals surface area contributed by atoms with Crippen LogP contribution in [0.25, 0.3) is 0 Å². The van der Waals surface area contributed by atoms with Crippen LogP contribution in [0.5, 0.6) is 0 Å². The van der Waals surface area contributed by atoms with Crippen molar-refractivity contribution in [2.75, 3.05) is 0 Å². The monoisotopic (exact) mass is 311 g/mol. The summed E-state index contributed by atoms with van der Waals surface area (Å²) in [6, 6.07) is 5.32. The maximum atomic E-state index is 12.4. The van der Waals surface area contributed by atoms with Crippen LogP contribution in [0, 0.1) is 0 Å². The zero-order valence-corrected chi connectivity index (χ0v) is 12.8. The van der Waals surface area contributed by atoms with Gasteiger partial charge in [0.2, 0.25) is 10.0 Å². The largest absolute Gasteiger partial charge is 0.326 e. The van der Waals surface area contributed by atoms with Gasteiger partial charge in [0, 0.05) is 18.1 Å². The Morgan fingerprint density at radius 2 is 2.20 bits per heavy atom. The summed E-state index contributed by atoms with van der Waals surface area (Å²) in [5.74, 6) is 0. The standard InChI is InChI=1S/C13H17N3O2S2/c1-2-11-4-3-10(8-14)7-12(11)20(17,18)16-9-13-15-5-6-19-13/h3-7,16H,2,8-9,14H2,1H3. The number of hydrogen-bond acceptors (Lipinski definition) is 5. The quantitative estimate of drug-likeness (QED) is 0.849. The van der Waals surface area contributed by atoms with Gasteiger partial charge in [-0.15, -0.1) is 11.3 Å². The predicted molar refractivity (Wildman–Crippen MR) is 79.9 cm³/mol. The van der Waals surface area contributed by atoms with Crippen molar-refractivity contribution in [2.24, 2.45) is 5.73 Å². The second-order valence-electron chi connectivity index (χ2n) is 4.25. The number of rotatable bonds is 6. The van der Waals surface area contributed by atoms with Crippen LogP contribution in [0.1, 0.15) is 23.1 Å². The predicted octanol–water partition coefficient (Wildman–Crippen LogP) is 1.64. The number of sulfonamides is 1. The van der Waals surface area contributed by atoms with Crippen LogP contribution < -0.4 is 10.5 Å². The van der Waals surface area contributed by atoms with Gasteiger partial charge in [0.25, 0.3) is 0 Å². The van der Waals surface area contributed by atoms with Crippen LogP contribution in [0.4, 0.5) is 0 Å². The molecule has 5 nitrogen and oxygen atoms in total. The molecule has 3 N–H and O–H groups in total. The summed E-state index contributed by atoms with van der Waals surface area (Å²) in [5.41, 5.74) is 7.17. The molecule has 2 rings (SSSR count). The summed E-state index contributed by atoms with van der Waals surface area (Å²) in [4.78, 5) is 4.37. The fourth-order valence-electron chi connectivity index (χ4n) is 1.84. The van der Waals surface area contributed by atoms with Crippen molar-refractivity contribution in [1.82, 2.24) is 9.71 Å². The van der Waals surface area contributed by atoms with Crippen molar-refractivity contribution < 1.29 is 8.42 Å². The Morgan fingerprint density at radius 3 is 2.80 bits per heavy atom. The van der Waals surface area contributed by atoms with Gasteiger partial charge in [0.15, 0.2) is 0 Å². The molecule has 0 atom stereocenters. The lowest BCUT2D eigenvalue weighted by Gasteiger charge is -2.11. The summed E-state index contributed by atoms with van der Waals surface area (Å²) in [7, 11) is -3.55. The Balaban J connectivity index is 2.28. The molecule has 0 aliphatic heterocycles. The lowest BCUT2D eigenvalue weighted by atomic mass is 10.1. The van der Waals surface area contributed by atoms with Gasteiger partial charge in [-0.2, -0.15) is 0 Å². The number of nitrogens with two attached hydrogens (primary N) is 1. The lowest BCUT2D eigenvalue weighted by molar-refractivity contribution is 0.580. The molecule has 0 fully saturated rings. The van der Waals surface area contributed by atoms with Crippen LogP contribution in [-0.2, 0) is 29.5 Å². The van der Waals surface area contributed by atoms with Crippen LogP contribution in [0.3, 0.4) is 0 Å². The van der Waals surface area contributed by atoms with Crippen molar-refractivity contribution in [3.8, 4) is 0 Å². The molecule has 7 heteroatoms. The molecular formula is C13H17N3O2S2. The van der Waals surface area contributed by atoms with E-state index in [2.05, 4.69) is 9.71 Å². The maximum Gasteiger partial charge on any atom is 0.241 e. The highest BCUT2D eigenvalue weighted by Gasteiger charge is 2.18. The summed E-state index contributed by atoms with van der Waals surface area (Å²) in [6.45, 7) is 2.45. The zero-order valence-electron chi connectivity index (χ0n) is 11.2. The number of nitrogens with one attached hydrogen (secondary N) is 1. The molecule has 0 aliphatic rings. The van der Waals surface area contributed by atoms with Gasteiger partial charge in [-0.25, -0.2) is 18.1 Å². The van der Waals surface area contributed by atoms with Gasteiger partial charge in [-0.05, 0) is 23.6 Å². The molecule has 1 heterocycles. The number of hydrogen-bond donors (Lipinski definition) is 2. The number of benzene rings is 1. The van der Waals surface area contributed by atoms with Crippen molar-refractivity contribution in [2.45, 2.75) is 31.3 Å². The smallest absolute Gasteiger partial charge is 0.241 e. The van der Waals surface area contributed by atoms with E-state index in [1.54, 1.807) is 12.3 Å². The van der Waals surface area contributed by atoms with E-state index in [4.69, 9.17) is 5.73 Å². The maximum absolute atomic E-state index is 12.4. The highest BCUT2D eigenvalue weighted by atomic mass is 32.2. The van der Waals surface area contributed by atoms with E-state index >= 15 is 0 Å². The second kappa shape index (κ2) is 6.45. The molecule has 108 valence electrons. The third-order valence-electron chi connectivity index (χ3n) is 2.93. The average Bonchev–Trinajstić information content (AvgIpc) is 2.98. The van der Waals surface area contributed by atoms with E-state index in [0.717, 1.165) is 16.1 Å². The summed E-state index contributed by atoms with van der Waals surface area (Å²) < 4.78 is 27.4. The Morgan fingerprint density at radius 1 is 1.40 bits per heavy atom. The first-order valence-corrected chi connectivity index (χ1v) is 8.63. The zero-order chi connectivity index (χ0) is 14.6. The van der Waals surface area contributed by atoms with Crippen molar-refractivity contribution >= 4 is 21.4 Å². The van der Waals surface area contributed by atoms with Gasteiger partial charge in [0.05, 0.1) is 11.4 Å². The molecule has 0 bridgehead atoms. The molecule has 0 spiro atoms. The fourth-order valence-corrected chi connectivity index (χ4v) is 3.84. The van der Waals surface area contributed by atoms with E-state index in [1.807, 2.05) is 24.4 Å². The van der Waals surface area contributed by atoms with Gasteiger partial charge in [-0.3, -0.25) is 0 Å². The second-order valence-corrected chi connectivity index (χ2v) is 6.96. The van der Waals surface area contributed by atoms with E-state index in [0.29, 0.717) is 17.9 Å². The molecule has 0 radical (unpaired) electrons. The minimum atomic E-state index is -3.55. The van der Waals surface area contributed by atoms with Crippen LogP contribution in [0.2, 0.25) is 0 Å².